The molecule has 2 fully saturated rings. The van der Waals surface area contributed by atoms with E-state index in [9.17, 15) is 0 Å². The summed E-state index contributed by atoms with van der Waals surface area (Å²) in [5.41, 5.74) is 0. The standard InChI is InChI=1S/C17H26N2O2/c1-18-13-11-14-3-4-15(12-13)19(14)9-10-21-17-7-5-16(20-2)6-8-17/h5-8,13-15,18H,3-4,9-12H2,1-2H3. The second kappa shape index (κ2) is 6.67. The smallest absolute Gasteiger partial charge is 0.119 e. The highest BCUT2D eigenvalue weighted by molar-refractivity contribution is 5.31. The van der Waals surface area contributed by atoms with Crippen LogP contribution in [-0.4, -0.2) is 50.3 Å². The van der Waals surface area contributed by atoms with E-state index in [-0.39, 0.29) is 0 Å². The fraction of sp³-hybridized carbons (Fsp3) is 0.647. The van der Waals surface area contributed by atoms with Crippen molar-refractivity contribution in [2.24, 2.45) is 0 Å². The molecule has 0 saturated carbocycles. The number of nitrogens with zero attached hydrogens (tertiary/aromatic N) is 1. The Hall–Kier alpha value is -1.26. The van der Waals surface area contributed by atoms with Crippen LogP contribution in [0.1, 0.15) is 25.7 Å². The van der Waals surface area contributed by atoms with Gasteiger partial charge in [-0.1, -0.05) is 0 Å². The van der Waals surface area contributed by atoms with Crippen molar-refractivity contribution in [3.63, 3.8) is 0 Å². The number of rotatable bonds is 6. The lowest BCUT2D eigenvalue weighted by Crippen LogP contribution is -2.49. The first kappa shape index (κ1) is 14.7. The first-order valence-electron chi connectivity index (χ1n) is 8.00. The van der Waals surface area contributed by atoms with E-state index in [4.69, 9.17) is 9.47 Å². The second-order valence-electron chi connectivity index (χ2n) is 6.10. The maximum absolute atomic E-state index is 5.87. The highest BCUT2D eigenvalue weighted by Crippen LogP contribution is 2.35. The molecule has 4 heteroatoms. The van der Waals surface area contributed by atoms with E-state index in [1.165, 1.54) is 25.7 Å². The summed E-state index contributed by atoms with van der Waals surface area (Å²) in [5, 5.41) is 3.45. The minimum Gasteiger partial charge on any atom is -0.497 e. The second-order valence-corrected chi connectivity index (χ2v) is 6.10. The molecule has 1 aromatic carbocycles. The van der Waals surface area contributed by atoms with E-state index in [0.717, 1.165) is 36.7 Å². The highest BCUT2D eigenvalue weighted by atomic mass is 16.5. The van der Waals surface area contributed by atoms with Gasteiger partial charge in [-0.3, -0.25) is 4.90 Å². The van der Waals surface area contributed by atoms with Gasteiger partial charge >= 0.3 is 0 Å². The Morgan fingerprint density at radius 3 is 2.29 bits per heavy atom. The number of benzene rings is 1. The minimum atomic E-state index is 0.709. The molecule has 2 bridgehead atoms. The zero-order valence-electron chi connectivity index (χ0n) is 13.0. The van der Waals surface area contributed by atoms with E-state index >= 15 is 0 Å². The molecular formula is C17H26N2O2. The van der Waals surface area contributed by atoms with Gasteiger partial charge in [0.25, 0.3) is 0 Å². The van der Waals surface area contributed by atoms with E-state index < -0.39 is 0 Å². The lowest BCUT2D eigenvalue weighted by molar-refractivity contribution is 0.0998. The summed E-state index contributed by atoms with van der Waals surface area (Å²) in [6.45, 7) is 1.81. The number of piperidine rings is 1. The molecule has 0 aliphatic carbocycles. The molecule has 3 rings (SSSR count). The third-order valence-corrected chi connectivity index (χ3v) is 4.97. The van der Waals surface area contributed by atoms with Gasteiger partial charge in [-0.25, -0.2) is 0 Å². The fourth-order valence-corrected chi connectivity index (χ4v) is 3.82. The maximum Gasteiger partial charge on any atom is 0.119 e. The summed E-state index contributed by atoms with van der Waals surface area (Å²) in [6, 6.07) is 10.0. The van der Waals surface area contributed by atoms with Crippen LogP contribution in [-0.2, 0) is 0 Å². The van der Waals surface area contributed by atoms with Crippen LogP contribution in [0.3, 0.4) is 0 Å². The van der Waals surface area contributed by atoms with Crippen molar-refractivity contribution in [2.75, 3.05) is 27.3 Å². The molecule has 2 unspecified atom stereocenters. The molecule has 21 heavy (non-hydrogen) atoms. The Labute approximate surface area is 127 Å². The number of fused-ring (bicyclic) bond motifs is 2. The number of hydrogen-bond acceptors (Lipinski definition) is 4. The van der Waals surface area contributed by atoms with Crippen LogP contribution < -0.4 is 14.8 Å². The Morgan fingerprint density at radius 1 is 1.10 bits per heavy atom. The average Bonchev–Trinajstić information content (AvgIpc) is 2.77. The SMILES string of the molecule is CNC1CC2CCC(C1)N2CCOc1ccc(OC)cc1. The van der Waals surface area contributed by atoms with Crippen LogP contribution in [0.15, 0.2) is 24.3 Å². The third-order valence-electron chi connectivity index (χ3n) is 4.97. The molecule has 2 saturated heterocycles. The number of ether oxygens (including phenoxy) is 2. The lowest BCUT2D eigenvalue weighted by Gasteiger charge is -2.38. The number of nitrogens with one attached hydrogen (secondary N) is 1. The van der Waals surface area contributed by atoms with Crippen LogP contribution in [0.25, 0.3) is 0 Å². The van der Waals surface area contributed by atoms with E-state index in [1.807, 2.05) is 24.3 Å². The molecule has 116 valence electrons. The summed E-state index contributed by atoms with van der Waals surface area (Å²) in [6.07, 6.45) is 5.28. The third kappa shape index (κ3) is 3.33. The Morgan fingerprint density at radius 2 is 1.71 bits per heavy atom. The van der Waals surface area contributed by atoms with Crippen molar-refractivity contribution in [1.29, 1.82) is 0 Å². The topological polar surface area (TPSA) is 33.7 Å². The largest absolute Gasteiger partial charge is 0.497 e. The summed E-state index contributed by atoms with van der Waals surface area (Å²) in [4.78, 5) is 2.66. The first-order valence-corrected chi connectivity index (χ1v) is 8.00. The predicted octanol–water partition coefficient (Wildman–Crippen LogP) is 2.29. The minimum absolute atomic E-state index is 0.709. The predicted molar refractivity (Wildman–Crippen MR) is 84.1 cm³/mol. The van der Waals surface area contributed by atoms with Gasteiger partial charge in [0, 0.05) is 24.7 Å². The summed E-state index contributed by atoms with van der Waals surface area (Å²) in [7, 11) is 3.77. The summed E-state index contributed by atoms with van der Waals surface area (Å²) in [5.74, 6) is 1.79. The molecule has 0 amide bonds. The quantitative estimate of drug-likeness (QED) is 0.871. The molecular weight excluding hydrogens is 264 g/mol. The van der Waals surface area contributed by atoms with E-state index in [0.29, 0.717) is 6.04 Å². The van der Waals surface area contributed by atoms with E-state index in [1.54, 1.807) is 7.11 Å². The lowest BCUT2D eigenvalue weighted by atomic mass is 9.97. The molecule has 2 aliphatic rings. The Balaban J connectivity index is 1.47. The maximum atomic E-state index is 5.87. The van der Waals surface area contributed by atoms with Crippen molar-refractivity contribution < 1.29 is 9.47 Å². The van der Waals surface area contributed by atoms with Crippen LogP contribution in [0.5, 0.6) is 11.5 Å². The van der Waals surface area contributed by atoms with Crippen LogP contribution in [0.4, 0.5) is 0 Å². The van der Waals surface area contributed by atoms with Crippen molar-refractivity contribution >= 4 is 0 Å². The summed E-state index contributed by atoms with van der Waals surface area (Å²) < 4.78 is 11.0. The molecule has 0 aromatic heterocycles. The van der Waals surface area contributed by atoms with Crippen LogP contribution in [0.2, 0.25) is 0 Å². The van der Waals surface area contributed by atoms with Gasteiger partial charge in [-0.05, 0) is 57.0 Å². The zero-order valence-corrected chi connectivity index (χ0v) is 13.0. The molecule has 2 atom stereocenters. The Bertz CT molecular complexity index is 435. The van der Waals surface area contributed by atoms with Gasteiger partial charge < -0.3 is 14.8 Å². The molecule has 4 nitrogen and oxygen atoms in total. The van der Waals surface area contributed by atoms with Crippen molar-refractivity contribution in [3.05, 3.63) is 24.3 Å². The van der Waals surface area contributed by atoms with Crippen LogP contribution >= 0.6 is 0 Å². The van der Waals surface area contributed by atoms with E-state index in [2.05, 4.69) is 17.3 Å². The molecule has 1 N–H and O–H groups in total. The fourth-order valence-electron chi connectivity index (χ4n) is 3.82. The van der Waals surface area contributed by atoms with Crippen LogP contribution in [0, 0.1) is 0 Å². The molecule has 2 heterocycles. The zero-order chi connectivity index (χ0) is 14.7. The number of methoxy groups -OCH3 is 1. The molecule has 1 aromatic rings. The average molecular weight is 290 g/mol. The van der Waals surface area contributed by atoms with Crippen molar-refractivity contribution in [3.8, 4) is 11.5 Å². The van der Waals surface area contributed by atoms with Gasteiger partial charge in [0.1, 0.15) is 18.1 Å². The van der Waals surface area contributed by atoms with Gasteiger partial charge in [-0.2, -0.15) is 0 Å². The Kier molecular flexibility index (Phi) is 4.66. The van der Waals surface area contributed by atoms with Crippen molar-refractivity contribution in [2.45, 2.75) is 43.8 Å². The normalized spacial score (nSPS) is 28.6. The van der Waals surface area contributed by atoms with Gasteiger partial charge in [0.2, 0.25) is 0 Å². The monoisotopic (exact) mass is 290 g/mol. The van der Waals surface area contributed by atoms with Crippen molar-refractivity contribution in [1.82, 2.24) is 10.2 Å². The first-order chi connectivity index (χ1) is 10.3. The van der Waals surface area contributed by atoms with Gasteiger partial charge in [0.15, 0.2) is 0 Å². The van der Waals surface area contributed by atoms with Gasteiger partial charge in [0.05, 0.1) is 7.11 Å². The summed E-state index contributed by atoms with van der Waals surface area (Å²) >= 11 is 0. The van der Waals surface area contributed by atoms with Gasteiger partial charge in [-0.15, -0.1) is 0 Å². The molecule has 0 radical (unpaired) electrons. The molecule has 0 spiro atoms. The highest BCUT2D eigenvalue weighted by Gasteiger charge is 2.39. The number of hydrogen-bond donors (Lipinski definition) is 1. The molecule has 2 aliphatic heterocycles.